The van der Waals surface area contributed by atoms with Crippen LogP contribution in [0.15, 0.2) is 24.3 Å². The fraction of sp³-hybridized carbons (Fsp3) is 0.588. The van der Waals surface area contributed by atoms with Gasteiger partial charge in [0, 0.05) is 46.2 Å². The van der Waals surface area contributed by atoms with Crippen LogP contribution in [0.3, 0.4) is 0 Å². The highest BCUT2D eigenvalue weighted by Crippen LogP contribution is 2.38. The number of piperazine rings is 1. The summed E-state index contributed by atoms with van der Waals surface area (Å²) in [5, 5.41) is 0. The second-order valence-electron chi connectivity index (χ2n) is 6.38. The molecular weight excluding hydrogens is 262 g/mol. The lowest BCUT2D eigenvalue weighted by atomic mass is 10.0. The van der Waals surface area contributed by atoms with E-state index in [2.05, 4.69) is 41.1 Å². The Kier molecular flexibility index (Phi) is 4.00. The first kappa shape index (κ1) is 14.5. The Morgan fingerprint density at radius 1 is 1.19 bits per heavy atom. The zero-order chi connectivity index (χ0) is 15.0. The SMILES string of the molecule is CC(=O)N(C)C1c2ccccc2CC1N1CCN(C)CC1. The molecule has 1 aromatic rings. The van der Waals surface area contributed by atoms with E-state index in [1.165, 1.54) is 11.1 Å². The van der Waals surface area contributed by atoms with Gasteiger partial charge in [0.15, 0.2) is 0 Å². The minimum Gasteiger partial charge on any atom is -0.337 e. The Labute approximate surface area is 127 Å². The van der Waals surface area contributed by atoms with E-state index >= 15 is 0 Å². The van der Waals surface area contributed by atoms with Crippen LogP contribution in [-0.2, 0) is 11.2 Å². The van der Waals surface area contributed by atoms with Gasteiger partial charge in [0.25, 0.3) is 0 Å². The van der Waals surface area contributed by atoms with Crippen molar-refractivity contribution in [3.05, 3.63) is 35.4 Å². The zero-order valence-electron chi connectivity index (χ0n) is 13.2. The number of rotatable bonds is 2. The van der Waals surface area contributed by atoms with Gasteiger partial charge in [-0.25, -0.2) is 0 Å². The lowest BCUT2D eigenvalue weighted by Crippen LogP contribution is -2.52. The van der Waals surface area contributed by atoms with Crippen LogP contribution < -0.4 is 0 Å². The summed E-state index contributed by atoms with van der Waals surface area (Å²) in [6.07, 6.45) is 1.06. The fourth-order valence-electron chi connectivity index (χ4n) is 3.70. The maximum atomic E-state index is 11.9. The Morgan fingerprint density at radius 2 is 1.86 bits per heavy atom. The Morgan fingerprint density at radius 3 is 2.52 bits per heavy atom. The van der Waals surface area contributed by atoms with Gasteiger partial charge in [0.1, 0.15) is 0 Å². The maximum Gasteiger partial charge on any atom is 0.219 e. The van der Waals surface area contributed by atoms with E-state index in [0.717, 1.165) is 32.6 Å². The number of hydrogen-bond donors (Lipinski definition) is 0. The highest BCUT2D eigenvalue weighted by atomic mass is 16.2. The highest BCUT2D eigenvalue weighted by molar-refractivity contribution is 5.74. The Bertz CT molecular complexity index is 523. The molecule has 1 amide bonds. The summed E-state index contributed by atoms with van der Waals surface area (Å²) in [6.45, 7) is 6.09. The molecule has 2 unspecified atom stereocenters. The van der Waals surface area contributed by atoms with Gasteiger partial charge < -0.3 is 9.80 Å². The molecule has 4 nitrogen and oxygen atoms in total. The average molecular weight is 287 g/mol. The summed E-state index contributed by atoms with van der Waals surface area (Å²) in [6, 6.07) is 9.22. The van der Waals surface area contributed by atoms with Crippen molar-refractivity contribution < 1.29 is 4.79 Å². The second-order valence-corrected chi connectivity index (χ2v) is 6.38. The summed E-state index contributed by atoms with van der Waals surface area (Å²) >= 11 is 0. The molecule has 0 saturated carbocycles. The molecule has 1 fully saturated rings. The lowest BCUT2D eigenvalue weighted by Gasteiger charge is -2.41. The van der Waals surface area contributed by atoms with Crippen molar-refractivity contribution >= 4 is 5.91 Å². The molecule has 1 aliphatic heterocycles. The Hall–Kier alpha value is -1.39. The Balaban J connectivity index is 1.88. The van der Waals surface area contributed by atoms with Crippen molar-refractivity contribution in [2.24, 2.45) is 0 Å². The van der Waals surface area contributed by atoms with Crippen LogP contribution in [-0.4, -0.2) is 66.9 Å². The topological polar surface area (TPSA) is 26.8 Å². The summed E-state index contributed by atoms with van der Waals surface area (Å²) in [4.78, 5) is 18.8. The van der Waals surface area contributed by atoms with Crippen molar-refractivity contribution in [1.29, 1.82) is 0 Å². The smallest absolute Gasteiger partial charge is 0.219 e. The predicted octanol–water partition coefficient (Wildman–Crippen LogP) is 1.38. The van der Waals surface area contributed by atoms with E-state index in [4.69, 9.17) is 0 Å². The van der Waals surface area contributed by atoms with Crippen LogP contribution in [0.2, 0.25) is 0 Å². The predicted molar refractivity (Wildman–Crippen MR) is 84.2 cm³/mol. The van der Waals surface area contributed by atoms with E-state index in [1.807, 2.05) is 11.9 Å². The number of nitrogens with zero attached hydrogens (tertiary/aromatic N) is 3. The summed E-state index contributed by atoms with van der Waals surface area (Å²) in [5.41, 5.74) is 2.73. The van der Waals surface area contributed by atoms with Crippen LogP contribution in [0.25, 0.3) is 0 Å². The minimum absolute atomic E-state index is 0.149. The summed E-state index contributed by atoms with van der Waals surface area (Å²) < 4.78 is 0. The van der Waals surface area contributed by atoms with Gasteiger partial charge in [-0.15, -0.1) is 0 Å². The van der Waals surface area contributed by atoms with Crippen molar-refractivity contribution in [1.82, 2.24) is 14.7 Å². The van der Waals surface area contributed by atoms with Gasteiger partial charge in [-0.3, -0.25) is 9.69 Å². The third kappa shape index (κ3) is 2.70. The van der Waals surface area contributed by atoms with Gasteiger partial charge in [0.2, 0.25) is 5.91 Å². The standard InChI is InChI=1S/C17H25N3O/c1-13(21)19(3)17-15-7-5-4-6-14(15)12-16(17)20-10-8-18(2)9-11-20/h4-7,16-17H,8-12H2,1-3H3. The van der Waals surface area contributed by atoms with Gasteiger partial charge in [-0.1, -0.05) is 24.3 Å². The average Bonchev–Trinajstić information content (AvgIpc) is 2.86. The van der Waals surface area contributed by atoms with Gasteiger partial charge in [-0.2, -0.15) is 0 Å². The van der Waals surface area contributed by atoms with E-state index in [-0.39, 0.29) is 11.9 Å². The van der Waals surface area contributed by atoms with Gasteiger partial charge >= 0.3 is 0 Å². The molecule has 114 valence electrons. The maximum absolute atomic E-state index is 11.9. The highest BCUT2D eigenvalue weighted by Gasteiger charge is 2.39. The number of amides is 1. The molecule has 2 aliphatic rings. The number of carbonyl (C=O) groups excluding carboxylic acids is 1. The molecule has 0 N–H and O–H groups in total. The fourth-order valence-corrected chi connectivity index (χ4v) is 3.70. The summed E-state index contributed by atoms with van der Waals surface area (Å²) in [7, 11) is 4.12. The number of carbonyl (C=O) groups is 1. The largest absolute Gasteiger partial charge is 0.337 e. The quantitative estimate of drug-likeness (QED) is 0.822. The van der Waals surface area contributed by atoms with Crippen LogP contribution >= 0.6 is 0 Å². The molecule has 1 aromatic carbocycles. The van der Waals surface area contributed by atoms with Gasteiger partial charge in [-0.05, 0) is 24.6 Å². The number of likely N-dealkylation sites (N-methyl/N-ethyl adjacent to an activating group) is 2. The third-order valence-corrected chi connectivity index (χ3v) is 5.09. The zero-order valence-corrected chi connectivity index (χ0v) is 13.2. The van der Waals surface area contributed by atoms with E-state index in [1.54, 1.807) is 6.92 Å². The molecule has 1 aliphatic carbocycles. The molecule has 3 rings (SSSR count). The molecule has 21 heavy (non-hydrogen) atoms. The van der Waals surface area contributed by atoms with Gasteiger partial charge in [0.05, 0.1) is 6.04 Å². The minimum atomic E-state index is 0.149. The molecule has 0 bridgehead atoms. The molecule has 2 atom stereocenters. The lowest BCUT2D eigenvalue weighted by molar-refractivity contribution is -0.131. The monoisotopic (exact) mass is 287 g/mol. The summed E-state index contributed by atoms with van der Waals surface area (Å²) in [5.74, 6) is 0.149. The van der Waals surface area contributed by atoms with E-state index in [9.17, 15) is 4.79 Å². The number of hydrogen-bond acceptors (Lipinski definition) is 3. The number of benzene rings is 1. The molecule has 0 aromatic heterocycles. The van der Waals surface area contributed by atoms with Crippen molar-refractivity contribution in [3.8, 4) is 0 Å². The van der Waals surface area contributed by atoms with Crippen LogP contribution in [0, 0.1) is 0 Å². The molecule has 1 heterocycles. The van der Waals surface area contributed by atoms with E-state index < -0.39 is 0 Å². The van der Waals surface area contributed by atoms with Crippen LogP contribution in [0.5, 0.6) is 0 Å². The van der Waals surface area contributed by atoms with Crippen LogP contribution in [0.1, 0.15) is 24.1 Å². The van der Waals surface area contributed by atoms with Crippen molar-refractivity contribution in [3.63, 3.8) is 0 Å². The number of fused-ring (bicyclic) bond motifs is 1. The van der Waals surface area contributed by atoms with E-state index in [0.29, 0.717) is 6.04 Å². The third-order valence-electron chi connectivity index (χ3n) is 5.09. The molecule has 0 spiro atoms. The molecular formula is C17H25N3O. The molecule has 4 heteroatoms. The van der Waals surface area contributed by atoms with Crippen molar-refractivity contribution in [2.45, 2.75) is 25.4 Å². The van der Waals surface area contributed by atoms with Crippen LogP contribution in [0.4, 0.5) is 0 Å². The normalized spacial score (nSPS) is 26.6. The second kappa shape index (κ2) is 5.78. The first-order valence-corrected chi connectivity index (χ1v) is 7.81. The van der Waals surface area contributed by atoms with Crippen molar-refractivity contribution in [2.75, 3.05) is 40.3 Å². The first-order chi connectivity index (χ1) is 10.1. The molecule has 0 radical (unpaired) electrons. The first-order valence-electron chi connectivity index (χ1n) is 7.81. The molecule has 1 saturated heterocycles.